The van der Waals surface area contributed by atoms with Gasteiger partial charge in [0.2, 0.25) is 0 Å². The van der Waals surface area contributed by atoms with Gasteiger partial charge in [-0.1, -0.05) is 30.7 Å². The zero-order valence-electron chi connectivity index (χ0n) is 11.7. The van der Waals surface area contributed by atoms with Crippen LogP contribution in [0.1, 0.15) is 29.7 Å². The number of aryl methyl sites for hydroxylation is 1. The summed E-state index contributed by atoms with van der Waals surface area (Å²) in [5, 5.41) is 3.80. The van der Waals surface area contributed by atoms with E-state index in [2.05, 4.69) is 16.4 Å². The first kappa shape index (κ1) is 14.9. The summed E-state index contributed by atoms with van der Waals surface area (Å²) in [6.07, 6.45) is 4.21. The minimum atomic E-state index is -0.263. The highest BCUT2D eigenvalue weighted by molar-refractivity contribution is 6.30. The van der Waals surface area contributed by atoms with Gasteiger partial charge in [0, 0.05) is 23.5 Å². The van der Waals surface area contributed by atoms with Crippen LogP contribution < -0.4 is 5.32 Å². The molecule has 0 aliphatic rings. The van der Waals surface area contributed by atoms with Crippen molar-refractivity contribution in [2.24, 2.45) is 0 Å². The summed E-state index contributed by atoms with van der Waals surface area (Å²) < 4.78 is 13.9. The lowest BCUT2D eigenvalue weighted by Crippen LogP contribution is -2.23. The van der Waals surface area contributed by atoms with E-state index in [4.69, 9.17) is 11.6 Å². The van der Waals surface area contributed by atoms with Crippen LogP contribution in [-0.2, 0) is 6.42 Å². The number of hydrogen-bond acceptors (Lipinski definition) is 2. The van der Waals surface area contributed by atoms with Gasteiger partial charge in [-0.25, -0.2) is 4.39 Å². The minimum absolute atomic E-state index is 0.0445. The van der Waals surface area contributed by atoms with Crippen molar-refractivity contribution in [2.45, 2.75) is 26.3 Å². The van der Waals surface area contributed by atoms with Crippen molar-refractivity contribution in [1.29, 1.82) is 0 Å². The molecule has 106 valence electrons. The Morgan fingerprint density at radius 1 is 1.30 bits per heavy atom. The maximum atomic E-state index is 13.9. The summed E-state index contributed by atoms with van der Waals surface area (Å²) in [7, 11) is 0. The molecule has 0 amide bonds. The predicted octanol–water partition coefficient (Wildman–Crippen LogP) is 4.08. The Kier molecular flexibility index (Phi) is 5.10. The molecule has 1 aromatic heterocycles. The summed E-state index contributed by atoms with van der Waals surface area (Å²) in [4.78, 5) is 4.21. The molecular weight excluding hydrogens is 275 g/mol. The van der Waals surface area contributed by atoms with Gasteiger partial charge in [0.25, 0.3) is 0 Å². The SMILES string of the molecule is CCNC(Cc1ccc(Cl)cc1F)c1cncc(C)c1. The molecule has 1 aromatic carbocycles. The van der Waals surface area contributed by atoms with Crippen LogP contribution >= 0.6 is 11.6 Å². The summed E-state index contributed by atoms with van der Waals surface area (Å²) in [5.41, 5.74) is 2.82. The lowest BCUT2D eigenvalue weighted by atomic mass is 9.99. The van der Waals surface area contributed by atoms with E-state index in [9.17, 15) is 4.39 Å². The van der Waals surface area contributed by atoms with Crippen molar-refractivity contribution in [3.8, 4) is 0 Å². The monoisotopic (exact) mass is 292 g/mol. The highest BCUT2D eigenvalue weighted by atomic mass is 35.5. The highest BCUT2D eigenvalue weighted by Gasteiger charge is 2.14. The van der Waals surface area contributed by atoms with E-state index >= 15 is 0 Å². The predicted molar refractivity (Wildman–Crippen MR) is 80.5 cm³/mol. The Bertz CT molecular complexity index is 586. The number of nitrogens with one attached hydrogen (secondary N) is 1. The number of halogens is 2. The second-order valence-corrected chi connectivity index (χ2v) is 5.28. The molecule has 2 nitrogen and oxygen atoms in total. The van der Waals surface area contributed by atoms with E-state index in [1.807, 2.05) is 26.2 Å². The van der Waals surface area contributed by atoms with Crippen molar-refractivity contribution in [3.63, 3.8) is 0 Å². The van der Waals surface area contributed by atoms with Crippen molar-refractivity contribution >= 4 is 11.6 Å². The fraction of sp³-hybridized carbons (Fsp3) is 0.312. The average molecular weight is 293 g/mol. The summed E-state index contributed by atoms with van der Waals surface area (Å²) in [6, 6.07) is 6.94. The lowest BCUT2D eigenvalue weighted by molar-refractivity contribution is 0.526. The molecule has 0 fully saturated rings. The second-order valence-electron chi connectivity index (χ2n) is 4.85. The molecule has 4 heteroatoms. The van der Waals surface area contributed by atoms with Crippen LogP contribution in [0.15, 0.2) is 36.7 Å². The van der Waals surface area contributed by atoms with Gasteiger partial charge in [0.1, 0.15) is 5.82 Å². The number of aromatic nitrogens is 1. The zero-order valence-corrected chi connectivity index (χ0v) is 12.4. The van der Waals surface area contributed by atoms with Crippen LogP contribution in [0, 0.1) is 12.7 Å². The van der Waals surface area contributed by atoms with Crippen molar-refractivity contribution in [3.05, 3.63) is 64.2 Å². The fourth-order valence-electron chi connectivity index (χ4n) is 2.23. The van der Waals surface area contributed by atoms with Gasteiger partial charge in [0.05, 0.1) is 0 Å². The van der Waals surface area contributed by atoms with Gasteiger partial charge in [-0.2, -0.15) is 0 Å². The number of benzene rings is 1. The summed E-state index contributed by atoms with van der Waals surface area (Å²) in [5.74, 6) is -0.263. The average Bonchev–Trinajstić information content (AvgIpc) is 2.41. The van der Waals surface area contributed by atoms with Crippen LogP contribution in [0.5, 0.6) is 0 Å². The Hall–Kier alpha value is -1.45. The van der Waals surface area contributed by atoms with Crippen molar-refractivity contribution in [1.82, 2.24) is 10.3 Å². The third-order valence-corrected chi connectivity index (χ3v) is 3.42. The van der Waals surface area contributed by atoms with Crippen LogP contribution in [0.25, 0.3) is 0 Å². The molecule has 0 aliphatic carbocycles. The molecule has 1 atom stereocenters. The molecule has 0 aliphatic heterocycles. The number of rotatable bonds is 5. The van der Waals surface area contributed by atoms with E-state index in [1.54, 1.807) is 12.1 Å². The first-order chi connectivity index (χ1) is 9.60. The topological polar surface area (TPSA) is 24.9 Å². The Labute approximate surface area is 124 Å². The molecule has 20 heavy (non-hydrogen) atoms. The van der Waals surface area contributed by atoms with E-state index in [1.165, 1.54) is 6.07 Å². The molecule has 2 aromatic rings. The Balaban J connectivity index is 2.25. The molecule has 1 N–H and O–H groups in total. The zero-order chi connectivity index (χ0) is 14.5. The van der Waals surface area contributed by atoms with Gasteiger partial charge in [0.15, 0.2) is 0 Å². The molecule has 0 bridgehead atoms. The first-order valence-corrected chi connectivity index (χ1v) is 7.06. The van der Waals surface area contributed by atoms with Gasteiger partial charge in [-0.05, 0) is 48.7 Å². The van der Waals surface area contributed by atoms with Gasteiger partial charge in [-0.3, -0.25) is 4.98 Å². The Morgan fingerprint density at radius 2 is 2.10 bits per heavy atom. The fourth-order valence-corrected chi connectivity index (χ4v) is 2.39. The maximum Gasteiger partial charge on any atom is 0.127 e. The lowest BCUT2D eigenvalue weighted by Gasteiger charge is -2.19. The first-order valence-electron chi connectivity index (χ1n) is 6.69. The molecule has 1 heterocycles. The van der Waals surface area contributed by atoms with Crippen molar-refractivity contribution < 1.29 is 4.39 Å². The van der Waals surface area contributed by atoms with Crippen LogP contribution in [0.4, 0.5) is 4.39 Å². The molecule has 0 radical (unpaired) electrons. The maximum absolute atomic E-state index is 13.9. The standard InChI is InChI=1S/C16H18ClFN2/c1-3-20-16(13-6-11(2)9-19-10-13)7-12-4-5-14(17)8-15(12)18/h4-6,8-10,16,20H,3,7H2,1-2H3. The highest BCUT2D eigenvalue weighted by Crippen LogP contribution is 2.22. The molecular formula is C16H18ClFN2. The molecule has 0 saturated heterocycles. The van der Waals surface area contributed by atoms with E-state index in [0.29, 0.717) is 17.0 Å². The Morgan fingerprint density at radius 3 is 2.75 bits per heavy atom. The van der Waals surface area contributed by atoms with Crippen LogP contribution in [0.3, 0.4) is 0 Å². The number of hydrogen-bond donors (Lipinski definition) is 1. The van der Waals surface area contributed by atoms with Crippen LogP contribution in [-0.4, -0.2) is 11.5 Å². The number of pyridine rings is 1. The van der Waals surface area contributed by atoms with Gasteiger partial charge >= 0.3 is 0 Å². The van der Waals surface area contributed by atoms with Crippen LogP contribution in [0.2, 0.25) is 5.02 Å². The van der Waals surface area contributed by atoms with E-state index in [-0.39, 0.29) is 11.9 Å². The largest absolute Gasteiger partial charge is 0.310 e. The van der Waals surface area contributed by atoms with E-state index < -0.39 is 0 Å². The van der Waals surface area contributed by atoms with Crippen molar-refractivity contribution in [2.75, 3.05) is 6.54 Å². The van der Waals surface area contributed by atoms with Gasteiger partial charge < -0.3 is 5.32 Å². The molecule has 0 saturated carbocycles. The number of nitrogens with zero attached hydrogens (tertiary/aromatic N) is 1. The third-order valence-electron chi connectivity index (χ3n) is 3.19. The van der Waals surface area contributed by atoms with Gasteiger partial charge in [-0.15, -0.1) is 0 Å². The second kappa shape index (κ2) is 6.82. The summed E-state index contributed by atoms with van der Waals surface area (Å²) in [6.45, 7) is 4.85. The van der Waals surface area contributed by atoms with E-state index in [0.717, 1.165) is 17.7 Å². The number of likely N-dealkylation sites (N-methyl/N-ethyl adjacent to an activating group) is 1. The quantitative estimate of drug-likeness (QED) is 0.898. The molecule has 1 unspecified atom stereocenters. The summed E-state index contributed by atoms with van der Waals surface area (Å²) >= 11 is 5.79. The third kappa shape index (κ3) is 3.78. The molecule has 0 spiro atoms. The smallest absolute Gasteiger partial charge is 0.127 e. The minimum Gasteiger partial charge on any atom is -0.310 e. The normalized spacial score (nSPS) is 12.4. The molecule has 2 rings (SSSR count).